The maximum absolute atomic E-state index is 13.5. The number of carboxylic acids is 1. The molecule has 0 aliphatic heterocycles. The van der Waals surface area contributed by atoms with E-state index in [0.29, 0.717) is 41.9 Å². The second kappa shape index (κ2) is 9.00. The van der Waals surface area contributed by atoms with Gasteiger partial charge in [0.25, 0.3) is 0 Å². The predicted octanol–water partition coefficient (Wildman–Crippen LogP) is 6.47. The summed E-state index contributed by atoms with van der Waals surface area (Å²) in [6, 6.07) is 9.40. The highest BCUT2D eigenvalue weighted by Gasteiger charge is 2.27. The van der Waals surface area contributed by atoms with Gasteiger partial charge in [0.2, 0.25) is 9.84 Å². The van der Waals surface area contributed by atoms with E-state index in [1.54, 1.807) is 35.3 Å². The first kappa shape index (κ1) is 23.6. The molecule has 0 unspecified atom stereocenters. The highest BCUT2D eigenvalue weighted by Crippen LogP contribution is 2.39. The standard InChI is InChI=1S/C20H13BrCl2N2O4S3/c1-30-20-17(7-16(31-20)19(26)27)32(28,29)10-5-12(21)18-15(6-10)25(9-24-18)8-11-13(22)3-2-4-14(11)23/h2-7,9H,8H2,1H3,(H,26,27). The van der Waals surface area contributed by atoms with Gasteiger partial charge in [-0.3, -0.25) is 0 Å². The third kappa shape index (κ3) is 4.20. The monoisotopic (exact) mass is 590 g/mol. The van der Waals surface area contributed by atoms with Crippen molar-refractivity contribution in [1.29, 1.82) is 0 Å². The largest absolute Gasteiger partial charge is 0.477 e. The third-order valence-corrected chi connectivity index (χ3v) is 10.3. The Labute approximate surface area is 210 Å². The van der Waals surface area contributed by atoms with Crippen LogP contribution in [0.15, 0.2) is 61.2 Å². The maximum Gasteiger partial charge on any atom is 0.345 e. The number of aromatic nitrogens is 2. The van der Waals surface area contributed by atoms with Crippen molar-refractivity contribution in [2.24, 2.45) is 0 Å². The maximum atomic E-state index is 13.5. The van der Waals surface area contributed by atoms with Crippen molar-refractivity contribution in [2.45, 2.75) is 20.5 Å². The zero-order chi connectivity index (χ0) is 23.2. The van der Waals surface area contributed by atoms with Crippen LogP contribution in [0.4, 0.5) is 0 Å². The van der Waals surface area contributed by atoms with Gasteiger partial charge in [0, 0.05) is 20.1 Å². The van der Waals surface area contributed by atoms with Crippen LogP contribution in [0.25, 0.3) is 11.0 Å². The second-order valence-corrected chi connectivity index (χ2v) is 12.3. The molecule has 4 aromatic rings. The Kier molecular flexibility index (Phi) is 6.63. The molecule has 0 radical (unpaired) electrons. The van der Waals surface area contributed by atoms with Gasteiger partial charge in [-0.2, -0.15) is 0 Å². The predicted molar refractivity (Wildman–Crippen MR) is 132 cm³/mol. The number of carboxylic acid groups (broad SMARTS) is 1. The number of hydrogen-bond donors (Lipinski definition) is 1. The molecule has 4 rings (SSSR count). The van der Waals surface area contributed by atoms with Gasteiger partial charge in [-0.25, -0.2) is 18.2 Å². The summed E-state index contributed by atoms with van der Waals surface area (Å²) >= 11 is 18.1. The summed E-state index contributed by atoms with van der Waals surface area (Å²) in [7, 11) is -3.99. The Morgan fingerprint density at radius 3 is 2.56 bits per heavy atom. The fourth-order valence-electron chi connectivity index (χ4n) is 3.15. The van der Waals surface area contributed by atoms with Gasteiger partial charge in [-0.15, -0.1) is 23.1 Å². The molecule has 1 N–H and O–H groups in total. The first-order valence-electron chi connectivity index (χ1n) is 8.87. The van der Waals surface area contributed by atoms with E-state index < -0.39 is 15.8 Å². The number of sulfone groups is 1. The summed E-state index contributed by atoms with van der Waals surface area (Å²) in [6.45, 7) is 0.294. The number of imidazole rings is 1. The lowest BCUT2D eigenvalue weighted by Crippen LogP contribution is -2.04. The van der Waals surface area contributed by atoms with E-state index in [2.05, 4.69) is 20.9 Å². The molecule has 0 amide bonds. The molecular weight excluding hydrogens is 579 g/mol. The van der Waals surface area contributed by atoms with E-state index in [-0.39, 0.29) is 14.7 Å². The highest BCUT2D eigenvalue weighted by molar-refractivity contribution is 9.10. The summed E-state index contributed by atoms with van der Waals surface area (Å²) in [4.78, 5) is 15.7. The average molecular weight is 592 g/mol. The quantitative estimate of drug-likeness (QED) is 0.259. The van der Waals surface area contributed by atoms with E-state index in [1.807, 2.05) is 0 Å². The molecule has 0 atom stereocenters. The van der Waals surface area contributed by atoms with Crippen molar-refractivity contribution in [3.63, 3.8) is 0 Å². The van der Waals surface area contributed by atoms with E-state index in [0.717, 1.165) is 11.3 Å². The molecule has 12 heteroatoms. The lowest BCUT2D eigenvalue weighted by atomic mass is 10.2. The minimum Gasteiger partial charge on any atom is -0.477 e. The van der Waals surface area contributed by atoms with Gasteiger partial charge < -0.3 is 9.67 Å². The van der Waals surface area contributed by atoms with Crippen molar-refractivity contribution in [2.75, 3.05) is 6.26 Å². The molecule has 0 bridgehead atoms. The summed E-state index contributed by atoms with van der Waals surface area (Å²) in [5, 5.41) is 10.3. The van der Waals surface area contributed by atoms with Gasteiger partial charge in [0.15, 0.2) is 0 Å². The van der Waals surface area contributed by atoms with Crippen molar-refractivity contribution in [3.8, 4) is 0 Å². The highest BCUT2D eigenvalue weighted by atomic mass is 79.9. The summed E-state index contributed by atoms with van der Waals surface area (Å²) in [5.74, 6) is -1.17. The van der Waals surface area contributed by atoms with E-state index in [9.17, 15) is 18.3 Å². The Bertz CT molecular complexity index is 1460. The smallest absolute Gasteiger partial charge is 0.345 e. The topological polar surface area (TPSA) is 89.3 Å². The van der Waals surface area contributed by atoms with Crippen LogP contribution in [0.2, 0.25) is 10.0 Å². The van der Waals surface area contributed by atoms with Crippen LogP contribution >= 0.6 is 62.2 Å². The number of nitrogens with zero attached hydrogens (tertiary/aromatic N) is 2. The SMILES string of the molecule is CSc1sc(C(=O)O)cc1S(=O)(=O)c1cc(Br)c2ncn(Cc3c(Cl)cccc3Cl)c2c1. The lowest BCUT2D eigenvalue weighted by Gasteiger charge is -2.10. The van der Waals surface area contributed by atoms with E-state index in [1.165, 1.54) is 30.0 Å². The van der Waals surface area contributed by atoms with Crippen molar-refractivity contribution < 1.29 is 18.3 Å². The van der Waals surface area contributed by atoms with Gasteiger partial charge >= 0.3 is 5.97 Å². The molecule has 2 heterocycles. The normalized spacial score (nSPS) is 11.9. The number of benzene rings is 2. The fourth-order valence-corrected chi connectivity index (χ4v) is 8.25. The van der Waals surface area contributed by atoms with Crippen LogP contribution in [-0.4, -0.2) is 35.3 Å². The molecule has 0 spiro atoms. The number of thioether (sulfide) groups is 1. The Morgan fingerprint density at radius 2 is 1.94 bits per heavy atom. The molecule has 2 aromatic carbocycles. The van der Waals surface area contributed by atoms with Crippen molar-refractivity contribution in [1.82, 2.24) is 9.55 Å². The number of aromatic carboxylic acids is 1. The van der Waals surface area contributed by atoms with Crippen LogP contribution in [0.1, 0.15) is 15.2 Å². The number of carbonyl (C=O) groups is 1. The van der Waals surface area contributed by atoms with Crippen LogP contribution < -0.4 is 0 Å². The van der Waals surface area contributed by atoms with E-state index >= 15 is 0 Å². The van der Waals surface area contributed by atoms with Crippen LogP contribution in [0.3, 0.4) is 0 Å². The lowest BCUT2D eigenvalue weighted by molar-refractivity contribution is 0.0702. The summed E-state index contributed by atoms with van der Waals surface area (Å²) in [6.07, 6.45) is 3.30. The van der Waals surface area contributed by atoms with E-state index in [4.69, 9.17) is 23.2 Å². The van der Waals surface area contributed by atoms with Crippen LogP contribution in [0.5, 0.6) is 0 Å². The summed E-state index contributed by atoms with van der Waals surface area (Å²) < 4.78 is 29.6. The number of rotatable bonds is 6. The zero-order valence-electron chi connectivity index (χ0n) is 16.2. The molecule has 0 aliphatic rings. The number of hydrogen-bond acceptors (Lipinski definition) is 6. The molecule has 0 saturated heterocycles. The minimum absolute atomic E-state index is 0.0221. The van der Waals surface area contributed by atoms with Crippen LogP contribution in [0, 0.1) is 0 Å². The minimum atomic E-state index is -3.99. The molecular formula is C20H13BrCl2N2O4S3. The molecule has 166 valence electrons. The van der Waals surface area contributed by atoms with Gasteiger partial charge in [-0.1, -0.05) is 29.3 Å². The molecule has 6 nitrogen and oxygen atoms in total. The Morgan fingerprint density at radius 1 is 1.25 bits per heavy atom. The molecule has 0 fully saturated rings. The van der Waals surface area contributed by atoms with Crippen LogP contribution in [-0.2, 0) is 16.4 Å². The molecule has 0 saturated carbocycles. The number of fused-ring (bicyclic) bond motifs is 1. The van der Waals surface area contributed by atoms with Gasteiger partial charge in [-0.05, 0) is 52.5 Å². The third-order valence-electron chi connectivity index (χ3n) is 4.70. The first-order valence-corrected chi connectivity index (χ1v) is 13.9. The number of thiophene rings is 1. The number of halogens is 3. The van der Waals surface area contributed by atoms with Crippen molar-refractivity contribution >= 4 is 89.1 Å². The molecule has 0 aliphatic carbocycles. The second-order valence-electron chi connectivity index (χ2n) is 6.62. The molecule has 2 aromatic heterocycles. The van der Waals surface area contributed by atoms with Gasteiger partial charge in [0.1, 0.15) is 10.4 Å². The first-order chi connectivity index (χ1) is 15.1. The Hall–Kier alpha value is -1.56. The fraction of sp³-hybridized carbons (Fsp3) is 0.100. The molecule has 32 heavy (non-hydrogen) atoms. The summed E-state index contributed by atoms with van der Waals surface area (Å²) in [5.41, 5.74) is 1.83. The zero-order valence-corrected chi connectivity index (χ0v) is 21.7. The Balaban J connectivity index is 1.86. The van der Waals surface area contributed by atoms with Gasteiger partial charge in [0.05, 0.1) is 32.4 Å². The van der Waals surface area contributed by atoms with Crippen molar-refractivity contribution in [3.05, 3.63) is 67.7 Å². The average Bonchev–Trinajstić information content (AvgIpc) is 3.36.